The van der Waals surface area contributed by atoms with Crippen LogP contribution in [0, 0.1) is 0 Å². The molecule has 124 valence electrons. The summed E-state index contributed by atoms with van der Waals surface area (Å²) in [6.07, 6.45) is 11.7. The Bertz CT molecular complexity index is 666. The summed E-state index contributed by atoms with van der Waals surface area (Å²) in [7, 11) is 0. The first kappa shape index (κ1) is 14.9. The van der Waals surface area contributed by atoms with Crippen LogP contribution in [-0.2, 0) is 4.74 Å². The van der Waals surface area contributed by atoms with Crippen molar-refractivity contribution in [1.29, 1.82) is 0 Å². The van der Waals surface area contributed by atoms with E-state index in [2.05, 4.69) is 15.3 Å². The number of aliphatic hydroxyl groups is 1. The molecule has 0 amide bonds. The molecule has 6 nitrogen and oxygen atoms in total. The van der Waals surface area contributed by atoms with Crippen LogP contribution in [0.25, 0.3) is 11.2 Å². The highest BCUT2D eigenvalue weighted by Gasteiger charge is 2.27. The van der Waals surface area contributed by atoms with Crippen molar-refractivity contribution in [3.8, 4) is 0 Å². The van der Waals surface area contributed by atoms with Gasteiger partial charge in [0.15, 0.2) is 5.65 Å². The van der Waals surface area contributed by atoms with E-state index in [9.17, 15) is 5.11 Å². The Balaban J connectivity index is 1.59. The lowest BCUT2D eigenvalue weighted by Crippen LogP contribution is -2.22. The summed E-state index contributed by atoms with van der Waals surface area (Å²) in [6.45, 7) is 0.0744. The SMILES string of the molecule is OCC1CCC(n2cnc3c(NC4CCCCC4)ccnc32)O1. The molecule has 1 aliphatic carbocycles. The molecule has 0 spiro atoms. The van der Waals surface area contributed by atoms with Crippen molar-refractivity contribution in [2.24, 2.45) is 0 Å². The standard InChI is InChI=1S/C17H24N4O2/c22-10-13-6-7-15(23-13)21-11-19-16-14(8-9-18-17(16)21)20-12-4-2-1-3-5-12/h8-9,11-13,15,22H,1-7,10H2,(H,18,20). The molecule has 1 saturated heterocycles. The third-order valence-electron chi connectivity index (χ3n) is 5.02. The van der Waals surface area contributed by atoms with E-state index >= 15 is 0 Å². The number of fused-ring (bicyclic) bond motifs is 1. The summed E-state index contributed by atoms with van der Waals surface area (Å²) in [5, 5.41) is 12.9. The summed E-state index contributed by atoms with van der Waals surface area (Å²) in [5.74, 6) is 0. The van der Waals surface area contributed by atoms with Crippen LogP contribution in [0.4, 0.5) is 5.69 Å². The highest BCUT2D eigenvalue weighted by atomic mass is 16.5. The van der Waals surface area contributed by atoms with Crippen LogP contribution in [0.2, 0.25) is 0 Å². The van der Waals surface area contributed by atoms with Gasteiger partial charge in [-0.15, -0.1) is 0 Å². The van der Waals surface area contributed by atoms with Gasteiger partial charge in [-0.25, -0.2) is 9.97 Å². The van der Waals surface area contributed by atoms with Crippen LogP contribution < -0.4 is 5.32 Å². The predicted octanol–water partition coefficient (Wildman–Crippen LogP) is 2.85. The molecular weight excluding hydrogens is 292 g/mol. The molecule has 2 aromatic rings. The zero-order valence-electron chi connectivity index (χ0n) is 13.3. The molecule has 2 aromatic heterocycles. The van der Waals surface area contributed by atoms with Crippen molar-refractivity contribution >= 4 is 16.9 Å². The number of nitrogens with zero attached hydrogens (tertiary/aromatic N) is 3. The first-order valence-electron chi connectivity index (χ1n) is 8.69. The van der Waals surface area contributed by atoms with Crippen molar-refractivity contribution in [2.45, 2.75) is 63.3 Å². The number of aliphatic hydroxyl groups excluding tert-OH is 1. The van der Waals surface area contributed by atoms with Crippen molar-refractivity contribution in [1.82, 2.24) is 14.5 Å². The monoisotopic (exact) mass is 316 g/mol. The highest BCUT2D eigenvalue weighted by Crippen LogP contribution is 2.32. The van der Waals surface area contributed by atoms with E-state index < -0.39 is 0 Å². The summed E-state index contributed by atoms with van der Waals surface area (Å²) in [4.78, 5) is 9.08. The molecule has 23 heavy (non-hydrogen) atoms. The quantitative estimate of drug-likeness (QED) is 0.907. The van der Waals surface area contributed by atoms with Gasteiger partial charge in [0.2, 0.25) is 0 Å². The average Bonchev–Trinajstić information content (AvgIpc) is 3.22. The minimum Gasteiger partial charge on any atom is -0.394 e. The minimum atomic E-state index is -0.0745. The Kier molecular flexibility index (Phi) is 4.18. The third kappa shape index (κ3) is 2.93. The maximum absolute atomic E-state index is 9.25. The highest BCUT2D eigenvalue weighted by molar-refractivity contribution is 5.85. The molecule has 2 atom stereocenters. The largest absolute Gasteiger partial charge is 0.394 e. The van der Waals surface area contributed by atoms with Crippen molar-refractivity contribution in [3.63, 3.8) is 0 Å². The zero-order valence-corrected chi connectivity index (χ0v) is 13.3. The average molecular weight is 316 g/mol. The van der Waals surface area contributed by atoms with Gasteiger partial charge in [-0.1, -0.05) is 19.3 Å². The molecule has 0 bridgehead atoms. The van der Waals surface area contributed by atoms with Gasteiger partial charge in [0, 0.05) is 12.2 Å². The number of nitrogens with one attached hydrogen (secondary N) is 1. The number of anilines is 1. The van der Waals surface area contributed by atoms with Crippen LogP contribution in [0.1, 0.15) is 51.2 Å². The van der Waals surface area contributed by atoms with Gasteiger partial charge >= 0.3 is 0 Å². The fourth-order valence-electron chi connectivity index (χ4n) is 3.75. The van der Waals surface area contributed by atoms with E-state index in [1.807, 2.05) is 23.2 Å². The summed E-state index contributed by atoms with van der Waals surface area (Å²) in [5.41, 5.74) is 2.83. The van der Waals surface area contributed by atoms with Gasteiger partial charge in [0.1, 0.15) is 11.7 Å². The molecule has 0 aromatic carbocycles. The van der Waals surface area contributed by atoms with Gasteiger partial charge in [0.05, 0.1) is 24.7 Å². The third-order valence-corrected chi connectivity index (χ3v) is 5.02. The lowest BCUT2D eigenvalue weighted by atomic mass is 9.95. The van der Waals surface area contributed by atoms with Gasteiger partial charge in [-0.2, -0.15) is 0 Å². The fraction of sp³-hybridized carbons (Fsp3) is 0.647. The van der Waals surface area contributed by atoms with Gasteiger partial charge < -0.3 is 15.2 Å². The first-order chi connectivity index (χ1) is 11.3. The molecule has 1 aliphatic heterocycles. The van der Waals surface area contributed by atoms with Crippen LogP contribution in [0.5, 0.6) is 0 Å². The number of hydrogen-bond donors (Lipinski definition) is 2. The maximum Gasteiger partial charge on any atom is 0.164 e. The predicted molar refractivity (Wildman–Crippen MR) is 88.3 cm³/mol. The topological polar surface area (TPSA) is 72.2 Å². The molecule has 2 aliphatic rings. The number of rotatable bonds is 4. The lowest BCUT2D eigenvalue weighted by molar-refractivity contribution is -0.0207. The molecule has 1 saturated carbocycles. The number of hydrogen-bond acceptors (Lipinski definition) is 5. The molecule has 4 rings (SSSR count). The van der Waals surface area contributed by atoms with Crippen LogP contribution >= 0.6 is 0 Å². The molecule has 6 heteroatoms. The van der Waals surface area contributed by atoms with Crippen molar-refractivity contribution in [2.75, 3.05) is 11.9 Å². The molecule has 2 fully saturated rings. The summed E-state index contributed by atoms with van der Waals surface area (Å²) in [6, 6.07) is 2.56. The van der Waals surface area contributed by atoms with E-state index in [1.165, 1.54) is 32.1 Å². The Labute approximate surface area is 135 Å². The van der Waals surface area contributed by atoms with Crippen LogP contribution in [-0.4, -0.2) is 38.4 Å². The Morgan fingerprint density at radius 3 is 2.83 bits per heavy atom. The first-order valence-corrected chi connectivity index (χ1v) is 8.69. The molecule has 0 radical (unpaired) electrons. The van der Waals surface area contributed by atoms with Gasteiger partial charge in [-0.05, 0) is 31.7 Å². The van der Waals surface area contributed by atoms with Crippen molar-refractivity contribution < 1.29 is 9.84 Å². The Hall–Kier alpha value is -1.66. The number of pyridine rings is 1. The molecule has 2 N–H and O–H groups in total. The Morgan fingerprint density at radius 1 is 1.17 bits per heavy atom. The number of imidazole rings is 1. The number of ether oxygens (including phenoxy) is 1. The zero-order chi connectivity index (χ0) is 15.6. The van der Waals surface area contributed by atoms with E-state index in [4.69, 9.17) is 4.74 Å². The van der Waals surface area contributed by atoms with E-state index in [0.717, 1.165) is 29.7 Å². The van der Waals surface area contributed by atoms with Crippen LogP contribution in [0.15, 0.2) is 18.6 Å². The lowest BCUT2D eigenvalue weighted by Gasteiger charge is -2.24. The molecule has 2 unspecified atom stereocenters. The van der Waals surface area contributed by atoms with Gasteiger partial charge in [0.25, 0.3) is 0 Å². The maximum atomic E-state index is 9.25. The summed E-state index contributed by atoms with van der Waals surface area (Å²) < 4.78 is 7.86. The van der Waals surface area contributed by atoms with E-state index in [0.29, 0.717) is 6.04 Å². The summed E-state index contributed by atoms with van der Waals surface area (Å²) >= 11 is 0. The second-order valence-corrected chi connectivity index (χ2v) is 6.63. The van der Waals surface area contributed by atoms with Crippen molar-refractivity contribution in [3.05, 3.63) is 18.6 Å². The smallest absolute Gasteiger partial charge is 0.164 e. The molecular formula is C17H24N4O2. The Morgan fingerprint density at radius 2 is 2.04 bits per heavy atom. The fourth-order valence-corrected chi connectivity index (χ4v) is 3.75. The second kappa shape index (κ2) is 6.45. The minimum absolute atomic E-state index is 0.0685. The van der Waals surface area contributed by atoms with Gasteiger partial charge in [-0.3, -0.25) is 4.57 Å². The normalized spacial score (nSPS) is 26.0. The van der Waals surface area contributed by atoms with Crippen LogP contribution in [0.3, 0.4) is 0 Å². The van der Waals surface area contributed by atoms with E-state index in [-0.39, 0.29) is 18.9 Å². The number of aromatic nitrogens is 3. The second-order valence-electron chi connectivity index (χ2n) is 6.63. The molecule has 3 heterocycles. The van der Waals surface area contributed by atoms with E-state index in [1.54, 1.807) is 0 Å².